The molecule has 1 aromatic heterocycles. The minimum Gasteiger partial charge on any atom is -0.325 e. The molecule has 1 aromatic carbocycles. The number of hydrogen-bond donors (Lipinski definition) is 1. The molecule has 0 aliphatic carbocycles. The van der Waals surface area contributed by atoms with Gasteiger partial charge in [-0.15, -0.1) is 0 Å². The molecule has 0 fully saturated rings. The number of nitrogens with one attached hydrogen (secondary N) is 1. The molecule has 3 rings (SSSR count). The third kappa shape index (κ3) is 1.42. The number of halogens is 1. The van der Waals surface area contributed by atoms with Crippen LogP contribution in [0.5, 0.6) is 0 Å². The van der Waals surface area contributed by atoms with E-state index in [1.165, 1.54) is 6.07 Å². The van der Waals surface area contributed by atoms with Gasteiger partial charge in [0.15, 0.2) is 0 Å². The molecule has 0 amide bonds. The van der Waals surface area contributed by atoms with Crippen molar-refractivity contribution in [1.29, 1.82) is 0 Å². The molecule has 0 radical (unpaired) electrons. The summed E-state index contributed by atoms with van der Waals surface area (Å²) < 4.78 is 15.7. The minimum atomic E-state index is -0.213. The zero-order valence-corrected chi connectivity index (χ0v) is 8.78. The van der Waals surface area contributed by atoms with Crippen LogP contribution in [-0.2, 0) is 13.1 Å². The van der Waals surface area contributed by atoms with Crippen molar-refractivity contribution in [2.24, 2.45) is 0 Å². The van der Waals surface area contributed by atoms with Crippen molar-refractivity contribution in [1.82, 2.24) is 14.9 Å². The summed E-state index contributed by atoms with van der Waals surface area (Å²) >= 11 is 0. The van der Waals surface area contributed by atoms with Crippen molar-refractivity contribution < 1.29 is 4.39 Å². The van der Waals surface area contributed by atoms with E-state index in [0.29, 0.717) is 5.56 Å². The van der Waals surface area contributed by atoms with Crippen LogP contribution in [0.25, 0.3) is 11.4 Å². The van der Waals surface area contributed by atoms with Crippen LogP contribution in [0.3, 0.4) is 0 Å². The fraction of sp³-hybridized carbons (Fsp3) is 0.250. The molecule has 3 nitrogen and oxygen atoms in total. The van der Waals surface area contributed by atoms with E-state index in [4.69, 9.17) is 0 Å². The van der Waals surface area contributed by atoms with Crippen LogP contribution < -0.4 is 5.32 Å². The molecule has 4 heteroatoms. The second-order valence-electron chi connectivity index (χ2n) is 3.88. The maximum atomic E-state index is 13.7. The number of imidazole rings is 1. The molecule has 0 unspecified atom stereocenters. The highest BCUT2D eigenvalue weighted by Crippen LogP contribution is 2.23. The molecule has 0 atom stereocenters. The summed E-state index contributed by atoms with van der Waals surface area (Å²) in [6, 6.07) is 6.77. The topological polar surface area (TPSA) is 29.9 Å². The zero-order chi connectivity index (χ0) is 11.0. The predicted octanol–water partition coefficient (Wildman–Crippen LogP) is 1.79. The second-order valence-corrected chi connectivity index (χ2v) is 3.88. The molecule has 0 bridgehead atoms. The van der Waals surface area contributed by atoms with Gasteiger partial charge < -0.3 is 9.88 Å². The number of benzene rings is 1. The number of rotatable bonds is 1. The molecular weight excluding hydrogens is 205 g/mol. The first-order valence-corrected chi connectivity index (χ1v) is 5.36. The van der Waals surface area contributed by atoms with E-state index in [9.17, 15) is 4.39 Å². The van der Waals surface area contributed by atoms with Crippen molar-refractivity contribution in [3.8, 4) is 11.4 Å². The Morgan fingerprint density at radius 1 is 1.31 bits per heavy atom. The van der Waals surface area contributed by atoms with E-state index in [1.807, 2.05) is 12.3 Å². The summed E-state index contributed by atoms with van der Waals surface area (Å²) in [7, 11) is 0. The van der Waals surface area contributed by atoms with E-state index in [0.717, 1.165) is 31.2 Å². The van der Waals surface area contributed by atoms with Gasteiger partial charge >= 0.3 is 0 Å². The van der Waals surface area contributed by atoms with E-state index in [1.54, 1.807) is 12.1 Å². The van der Waals surface area contributed by atoms with Gasteiger partial charge in [0.2, 0.25) is 0 Å². The summed E-state index contributed by atoms with van der Waals surface area (Å²) in [5, 5.41) is 3.27. The van der Waals surface area contributed by atoms with Crippen molar-refractivity contribution in [3.05, 3.63) is 42.0 Å². The van der Waals surface area contributed by atoms with E-state index in [2.05, 4.69) is 14.9 Å². The lowest BCUT2D eigenvalue weighted by Gasteiger charge is -2.17. The van der Waals surface area contributed by atoms with Crippen LogP contribution in [-0.4, -0.2) is 16.1 Å². The van der Waals surface area contributed by atoms with Crippen LogP contribution >= 0.6 is 0 Å². The molecule has 16 heavy (non-hydrogen) atoms. The quantitative estimate of drug-likeness (QED) is 0.789. The molecule has 2 aromatic rings. The van der Waals surface area contributed by atoms with Gasteiger partial charge in [-0.25, -0.2) is 9.37 Å². The fourth-order valence-corrected chi connectivity index (χ4v) is 2.07. The smallest absolute Gasteiger partial charge is 0.143 e. The Hall–Kier alpha value is -1.68. The number of nitrogens with zero attached hydrogens (tertiary/aromatic N) is 2. The van der Waals surface area contributed by atoms with E-state index >= 15 is 0 Å². The number of aromatic nitrogens is 2. The first-order valence-electron chi connectivity index (χ1n) is 5.36. The summed E-state index contributed by atoms with van der Waals surface area (Å²) in [6.07, 6.45) is 1.81. The first kappa shape index (κ1) is 9.54. The zero-order valence-electron chi connectivity index (χ0n) is 8.78. The van der Waals surface area contributed by atoms with Crippen LogP contribution in [0.2, 0.25) is 0 Å². The van der Waals surface area contributed by atoms with Crippen LogP contribution in [0.4, 0.5) is 4.39 Å². The predicted molar refractivity (Wildman–Crippen MR) is 59.3 cm³/mol. The third-order valence-electron chi connectivity index (χ3n) is 2.87. The Morgan fingerprint density at radius 3 is 3.06 bits per heavy atom. The van der Waals surface area contributed by atoms with Gasteiger partial charge in [0.1, 0.15) is 11.6 Å². The fourth-order valence-electron chi connectivity index (χ4n) is 2.07. The lowest BCUT2D eigenvalue weighted by molar-refractivity contribution is 0.518. The van der Waals surface area contributed by atoms with Crippen LogP contribution in [0.15, 0.2) is 30.5 Å². The average molecular weight is 217 g/mol. The van der Waals surface area contributed by atoms with Crippen molar-refractivity contribution in [2.45, 2.75) is 13.1 Å². The second kappa shape index (κ2) is 3.72. The van der Waals surface area contributed by atoms with Crippen molar-refractivity contribution >= 4 is 0 Å². The van der Waals surface area contributed by atoms with Gasteiger partial charge in [-0.3, -0.25) is 0 Å². The molecule has 1 N–H and O–H groups in total. The van der Waals surface area contributed by atoms with Gasteiger partial charge in [0, 0.05) is 19.6 Å². The average Bonchev–Trinajstić information content (AvgIpc) is 2.74. The van der Waals surface area contributed by atoms with Gasteiger partial charge in [0.25, 0.3) is 0 Å². The van der Waals surface area contributed by atoms with E-state index < -0.39 is 0 Å². The molecule has 1 aliphatic rings. The van der Waals surface area contributed by atoms with Crippen LogP contribution in [0.1, 0.15) is 5.69 Å². The summed E-state index contributed by atoms with van der Waals surface area (Å²) in [5.41, 5.74) is 1.69. The molecular formula is C12H12FN3. The molecule has 0 saturated heterocycles. The summed E-state index contributed by atoms with van der Waals surface area (Å²) in [5.74, 6) is 0.518. The van der Waals surface area contributed by atoms with Crippen molar-refractivity contribution in [3.63, 3.8) is 0 Å². The number of hydrogen-bond acceptors (Lipinski definition) is 2. The maximum absolute atomic E-state index is 13.7. The highest BCUT2D eigenvalue weighted by molar-refractivity contribution is 5.57. The SMILES string of the molecule is Fc1ccccc1-c1ncc2n1CCNC2. The molecule has 0 saturated carbocycles. The lowest BCUT2D eigenvalue weighted by atomic mass is 10.2. The third-order valence-corrected chi connectivity index (χ3v) is 2.87. The monoisotopic (exact) mass is 217 g/mol. The normalized spacial score (nSPS) is 14.8. The Bertz CT molecular complexity index is 519. The standard InChI is InChI=1S/C12H12FN3/c13-11-4-2-1-3-10(11)12-15-8-9-7-14-5-6-16(9)12/h1-4,8,14H,5-7H2. The molecule has 1 aliphatic heterocycles. The Balaban J connectivity index is 2.13. The van der Waals surface area contributed by atoms with Gasteiger partial charge in [-0.1, -0.05) is 12.1 Å². The van der Waals surface area contributed by atoms with Gasteiger partial charge in [-0.2, -0.15) is 0 Å². The Morgan fingerprint density at radius 2 is 2.19 bits per heavy atom. The highest BCUT2D eigenvalue weighted by atomic mass is 19.1. The lowest BCUT2D eigenvalue weighted by Crippen LogP contribution is -2.28. The largest absolute Gasteiger partial charge is 0.325 e. The molecule has 0 spiro atoms. The number of fused-ring (bicyclic) bond motifs is 1. The van der Waals surface area contributed by atoms with Gasteiger partial charge in [-0.05, 0) is 12.1 Å². The van der Waals surface area contributed by atoms with Gasteiger partial charge in [0.05, 0.1) is 17.5 Å². The maximum Gasteiger partial charge on any atom is 0.143 e. The summed E-state index contributed by atoms with van der Waals surface area (Å²) in [6.45, 7) is 2.56. The molecule has 82 valence electrons. The highest BCUT2D eigenvalue weighted by Gasteiger charge is 2.16. The molecule has 2 heterocycles. The van der Waals surface area contributed by atoms with Crippen molar-refractivity contribution in [2.75, 3.05) is 6.54 Å². The van der Waals surface area contributed by atoms with Crippen LogP contribution in [0, 0.1) is 5.82 Å². The Labute approximate surface area is 92.9 Å². The minimum absolute atomic E-state index is 0.213. The van der Waals surface area contributed by atoms with E-state index in [-0.39, 0.29) is 5.82 Å². The Kier molecular flexibility index (Phi) is 2.22. The summed E-state index contributed by atoms with van der Waals surface area (Å²) in [4.78, 5) is 4.31. The first-order chi connectivity index (χ1) is 7.86.